The standard InChI is InChI=1S/C10H12ClF2N/c1-14-9(10(12)13)6-7-3-2-4-8(11)5-7/h2-5,9-10,14H,6H2,1H3. The Bertz CT molecular complexity index is 291. The van der Waals surface area contributed by atoms with Crippen molar-refractivity contribution in [1.29, 1.82) is 0 Å². The van der Waals surface area contributed by atoms with E-state index in [-0.39, 0.29) is 6.42 Å². The summed E-state index contributed by atoms with van der Waals surface area (Å²) >= 11 is 5.74. The molecule has 0 bridgehead atoms. The van der Waals surface area contributed by atoms with E-state index < -0.39 is 12.5 Å². The van der Waals surface area contributed by atoms with E-state index >= 15 is 0 Å². The molecule has 0 amide bonds. The molecule has 0 saturated carbocycles. The van der Waals surface area contributed by atoms with Gasteiger partial charge in [-0.25, -0.2) is 8.78 Å². The highest BCUT2D eigenvalue weighted by molar-refractivity contribution is 6.30. The summed E-state index contributed by atoms with van der Waals surface area (Å²) in [5, 5.41) is 3.15. The summed E-state index contributed by atoms with van der Waals surface area (Å²) in [4.78, 5) is 0. The Morgan fingerprint density at radius 2 is 2.14 bits per heavy atom. The van der Waals surface area contributed by atoms with Crippen LogP contribution < -0.4 is 5.32 Å². The quantitative estimate of drug-likeness (QED) is 0.821. The maximum atomic E-state index is 12.4. The Morgan fingerprint density at radius 1 is 1.43 bits per heavy atom. The molecule has 1 atom stereocenters. The monoisotopic (exact) mass is 219 g/mol. The van der Waals surface area contributed by atoms with Gasteiger partial charge in [-0.15, -0.1) is 0 Å². The van der Waals surface area contributed by atoms with Crippen LogP contribution in [0.15, 0.2) is 24.3 Å². The summed E-state index contributed by atoms with van der Waals surface area (Å²) in [7, 11) is 1.53. The number of nitrogens with one attached hydrogen (secondary N) is 1. The van der Waals surface area contributed by atoms with Crippen LogP contribution in [-0.2, 0) is 6.42 Å². The molecule has 1 aromatic rings. The number of halogens is 3. The summed E-state index contributed by atoms with van der Waals surface area (Å²) in [6.45, 7) is 0. The fraction of sp³-hybridized carbons (Fsp3) is 0.400. The van der Waals surface area contributed by atoms with Gasteiger partial charge in [-0.05, 0) is 31.2 Å². The van der Waals surface area contributed by atoms with Crippen molar-refractivity contribution in [2.75, 3.05) is 7.05 Å². The lowest BCUT2D eigenvalue weighted by molar-refractivity contribution is 0.102. The van der Waals surface area contributed by atoms with Crippen LogP contribution in [0.2, 0.25) is 5.02 Å². The van der Waals surface area contributed by atoms with Gasteiger partial charge < -0.3 is 5.32 Å². The fourth-order valence-corrected chi connectivity index (χ4v) is 1.45. The zero-order chi connectivity index (χ0) is 10.6. The number of benzene rings is 1. The summed E-state index contributed by atoms with van der Waals surface area (Å²) in [6, 6.07) is 6.17. The van der Waals surface area contributed by atoms with Crippen molar-refractivity contribution in [1.82, 2.24) is 5.32 Å². The van der Waals surface area contributed by atoms with E-state index in [2.05, 4.69) is 5.32 Å². The highest BCUT2D eigenvalue weighted by Crippen LogP contribution is 2.14. The lowest BCUT2D eigenvalue weighted by atomic mass is 10.1. The first-order chi connectivity index (χ1) is 6.63. The van der Waals surface area contributed by atoms with E-state index in [1.54, 1.807) is 24.3 Å². The van der Waals surface area contributed by atoms with Gasteiger partial charge in [0.1, 0.15) is 0 Å². The van der Waals surface area contributed by atoms with E-state index in [0.717, 1.165) is 5.56 Å². The van der Waals surface area contributed by atoms with Crippen LogP contribution in [-0.4, -0.2) is 19.5 Å². The Kier molecular flexibility index (Phi) is 4.29. The largest absolute Gasteiger partial charge is 0.312 e. The first-order valence-corrected chi connectivity index (χ1v) is 4.71. The third-order valence-electron chi connectivity index (χ3n) is 2.02. The van der Waals surface area contributed by atoms with Gasteiger partial charge in [0.15, 0.2) is 0 Å². The van der Waals surface area contributed by atoms with Gasteiger partial charge in [0.25, 0.3) is 6.43 Å². The van der Waals surface area contributed by atoms with Gasteiger partial charge in [0, 0.05) is 5.02 Å². The summed E-state index contributed by atoms with van der Waals surface area (Å²) in [5.41, 5.74) is 0.817. The number of hydrogen-bond donors (Lipinski definition) is 1. The molecule has 0 aliphatic rings. The van der Waals surface area contributed by atoms with Crippen LogP contribution >= 0.6 is 11.6 Å². The number of likely N-dealkylation sites (N-methyl/N-ethyl adjacent to an activating group) is 1. The van der Waals surface area contributed by atoms with E-state index in [1.807, 2.05) is 0 Å². The molecule has 14 heavy (non-hydrogen) atoms. The summed E-state index contributed by atoms with van der Waals surface area (Å²) in [5.74, 6) is 0. The molecular formula is C10H12ClF2N. The van der Waals surface area contributed by atoms with Gasteiger partial charge in [-0.1, -0.05) is 23.7 Å². The van der Waals surface area contributed by atoms with Gasteiger partial charge in [0.2, 0.25) is 0 Å². The molecule has 78 valence electrons. The second-order valence-corrected chi connectivity index (χ2v) is 3.50. The van der Waals surface area contributed by atoms with Crippen molar-refractivity contribution in [3.8, 4) is 0 Å². The molecule has 1 nitrogen and oxygen atoms in total. The van der Waals surface area contributed by atoms with Crippen molar-refractivity contribution in [3.63, 3.8) is 0 Å². The van der Waals surface area contributed by atoms with Gasteiger partial charge >= 0.3 is 0 Å². The van der Waals surface area contributed by atoms with Crippen LogP contribution in [0.1, 0.15) is 5.56 Å². The molecule has 4 heteroatoms. The van der Waals surface area contributed by atoms with Crippen LogP contribution in [0.3, 0.4) is 0 Å². The van der Waals surface area contributed by atoms with Crippen molar-refractivity contribution in [2.24, 2.45) is 0 Å². The molecule has 0 aromatic heterocycles. The topological polar surface area (TPSA) is 12.0 Å². The van der Waals surface area contributed by atoms with Crippen molar-refractivity contribution < 1.29 is 8.78 Å². The van der Waals surface area contributed by atoms with Crippen molar-refractivity contribution >= 4 is 11.6 Å². The number of alkyl halides is 2. The van der Waals surface area contributed by atoms with Gasteiger partial charge in [-0.3, -0.25) is 0 Å². The maximum Gasteiger partial charge on any atom is 0.254 e. The SMILES string of the molecule is CNC(Cc1cccc(Cl)c1)C(F)F. The average Bonchev–Trinajstić information content (AvgIpc) is 2.14. The van der Waals surface area contributed by atoms with Crippen molar-refractivity contribution in [3.05, 3.63) is 34.9 Å². The molecule has 0 aliphatic carbocycles. The summed E-state index contributed by atoms with van der Waals surface area (Å²) in [6.07, 6.45) is -2.08. The molecule has 0 aliphatic heterocycles. The first-order valence-electron chi connectivity index (χ1n) is 4.33. The third-order valence-corrected chi connectivity index (χ3v) is 2.25. The second-order valence-electron chi connectivity index (χ2n) is 3.06. The maximum absolute atomic E-state index is 12.4. The van der Waals surface area contributed by atoms with Crippen LogP contribution in [0.5, 0.6) is 0 Å². The third kappa shape index (κ3) is 3.24. The summed E-state index contributed by atoms with van der Waals surface area (Å²) < 4.78 is 24.8. The zero-order valence-electron chi connectivity index (χ0n) is 7.81. The van der Waals surface area contributed by atoms with Crippen LogP contribution in [0.4, 0.5) is 8.78 Å². The zero-order valence-corrected chi connectivity index (χ0v) is 8.56. The number of hydrogen-bond acceptors (Lipinski definition) is 1. The minimum atomic E-state index is -2.36. The Morgan fingerprint density at radius 3 is 2.64 bits per heavy atom. The Balaban J connectivity index is 2.67. The average molecular weight is 220 g/mol. The first kappa shape index (κ1) is 11.4. The Hall–Kier alpha value is -0.670. The van der Waals surface area contributed by atoms with E-state index in [0.29, 0.717) is 5.02 Å². The molecule has 0 heterocycles. The molecule has 1 aromatic carbocycles. The lowest BCUT2D eigenvalue weighted by Gasteiger charge is -2.14. The van der Waals surface area contributed by atoms with Gasteiger partial charge in [0.05, 0.1) is 6.04 Å². The minimum Gasteiger partial charge on any atom is -0.312 e. The van der Waals surface area contributed by atoms with Crippen molar-refractivity contribution in [2.45, 2.75) is 18.9 Å². The predicted molar refractivity (Wildman–Crippen MR) is 54.0 cm³/mol. The highest BCUT2D eigenvalue weighted by atomic mass is 35.5. The lowest BCUT2D eigenvalue weighted by Crippen LogP contribution is -2.34. The van der Waals surface area contributed by atoms with E-state index in [4.69, 9.17) is 11.6 Å². The molecule has 0 fully saturated rings. The number of rotatable bonds is 4. The van der Waals surface area contributed by atoms with Crippen LogP contribution in [0.25, 0.3) is 0 Å². The molecule has 0 saturated heterocycles. The van der Waals surface area contributed by atoms with E-state index in [1.165, 1.54) is 7.05 Å². The second kappa shape index (κ2) is 5.27. The molecule has 1 rings (SSSR count). The smallest absolute Gasteiger partial charge is 0.254 e. The van der Waals surface area contributed by atoms with Gasteiger partial charge in [-0.2, -0.15) is 0 Å². The highest BCUT2D eigenvalue weighted by Gasteiger charge is 2.18. The Labute approximate surface area is 87.1 Å². The van der Waals surface area contributed by atoms with Crippen LogP contribution in [0, 0.1) is 0 Å². The van der Waals surface area contributed by atoms with E-state index in [9.17, 15) is 8.78 Å². The molecular weight excluding hydrogens is 208 g/mol. The predicted octanol–water partition coefficient (Wildman–Crippen LogP) is 2.74. The molecule has 1 unspecified atom stereocenters. The minimum absolute atomic E-state index is 0.286. The molecule has 0 radical (unpaired) electrons. The fourth-order valence-electron chi connectivity index (χ4n) is 1.24. The normalized spacial score (nSPS) is 13.2. The molecule has 0 spiro atoms. The molecule has 1 N–H and O–H groups in total.